The van der Waals surface area contributed by atoms with Crippen LogP contribution in [-0.4, -0.2) is 0 Å². The molecule has 0 aliphatic heterocycles. The summed E-state index contributed by atoms with van der Waals surface area (Å²) in [4.78, 5) is 0. The van der Waals surface area contributed by atoms with Gasteiger partial charge in [-0.15, -0.1) is 11.6 Å². The van der Waals surface area contributed by atoms with Crippen molar-refractivity contribution >= 4 is 11.6 Å². The van der Waals surface area contributed by atoms with Gasteiger partial charge in [0.2, 0.25) is 0 Å². The van der Waals surface area contributed by atoms with Crippen LogP contribution < -0.4 is 4.74 Å². The average molecular weight is 263 g/mol. The van der Waals surface area contributed by atoms with Gasteiger partial charge < -0.3 is 4.74 Å². The first kappa shape index (κ1) is 14.6. The monoisotopic (exact) mass is 262 g/mol. The van der Waals surface area contributed by atoms with E-state index in [9.17, 15) is 0 Å². The van der Waals surface area contributed by atoms with E-state index in [0.29, 0.717) is 12.5 Å². The van der Waals surface area contributed by atoms with Crippen LogP contribution >= 0.6 is 11.6 Å². The molecule has 0 heterocycles. The number of rotatable bonds is 4. The lowest BCUT2D eigenvalue weighted by atomic mass is 10.2. The standard InChI is InChI=1S/C14H13ClO.C2H6/c15-10-12-6-8-14(9-7-12)16-11-13-4-2-1-3-5-13;1-2/h1-9H,10-11H2;1-2H3. The maximum atomic E-state index is 5.71. The Morgan fingerprint density at radius 2 is 1.44 bits per heavy atom. The highest BCUT2D eigenvalue weighted by Gasteiger charge is 1.95. The quantitative estimate of drug-likeness (QED) is 0.702. The zero-order valence-corrected chi connectivity index (χ0v) is 11.7. The molecule has 2 aromatic carbocycles. The Hall–Kier alpha value is -1.47. The highest BCUT2D eigenvalue weighted by molar-refractivity contribution is 6.17. The van der Waals surface area contributed by atoms with Gasteiger partial charge in [0, 0.05) is 5.88 Å². The van der Waals surface area contributed by atoms with Crippen molar-refractivity contribution in [1.29, 1.82) is 0 Å². The summed E-state index contributed by atoms with van der Waals surface area (Å²) in [6.45, 7) is 4.60. The Kier molecular flexibility index (Phi) is 6.97. The molecule has 1 nitrogen and oxygen atoms in total. The van der Waals surface area contributed by atoms with E-state index in [1.165, 1.54) is 5.56 Å². The Bertz CT molecular complexity index is 423. The second-order valence-corrected chi connectivity index (χ2v) is 3.82. The first-order chi connectivity index (χ1) is 8.88. The Morgan fingerprint density at radius 1 is 0.833 bits per heavy atom. The highest BCUT2D eigenvalue weighted by Crippen LogP contribution is 2.15. The fraction of sp³-hybridized carbons (Fsp3) is 0.250. The fourth-order valence-corrected chi connectivity index (χ4v) is 1.59. The van der Waals surface area contributed by atoms with Crippen molar-refractivity contribution in [3.8, 4) is 5.75 Å². The van der Waals surface area contributed by atoms with Crippen molar-refractivity contribution in [2.75, 3.05) is 0 Å². The molecule has 96 valence electrons. The maximum Gasteiger partial charge on any atom is 0.119 e. The van der Waals surface area contributed by atoms with Crippen molar-refractivity contribution in [2.45, 2.75) is 26.3 Å². The molecule has 2 aromatic rings. The summed E-state index contributed by atoms with van der Waals surface area (Å²) in [5.74, 6) is 1.41. The fourth-order valence-electron chi connectivity index (χ4n) is 1.42. The largest absolute Gasteiger partial charge is 0.489 e. The number of alkyl halides is 1. The summed E-state index contributed by atoms with van der Waals surface area (Å²) in [6, 6.07) is 18.0. The van der Waals surface area contributed by atoms with Crippen molar-refractivity contribution in [3.63, 3.8) is 0 Å². The summed E-state index contributed by atoms with van der Waals surface area (Å²) in [5, 5.41) is 0. The van der Waals surface area contributed by atoms with Gasteiger partial charge in [-0.3, -0.25) is 0 Å². The minimum absolute atomic E-state index is 0.541. The lowest BCUT2D eigenvalue weighted by molar-refractivity contribution is 0.306. The second kappa shape index (κ2) is 8.60. The third-order valence-corrected chi connectivity index (χ3v) is 2.63. The molecule has 0 aliphatic carbocycles. The molecule has 0 aromatic heterocycles. The van der Waals surface area contributed by atoms with Crippen LogP contribution in [-0.2, 0) is 12.5 Å². The van der Waals surface area contributed by atoms with Crippen molar-refractivity contribution in [1.82, 2.24) is 0 Å². The SMILES string of the molecule is CC.ClCc1ccc(OCc2ccccc2)cc1. The molecule has 0 saturated heterocycles. The third-order valence-electron chi connectivity index (χ3n) is 2.33. The van der Waals surface area contributed by atoms with Gasteiger partial charge in [-0.05, 0) is 23.3 Å². The summed E-state index contributed by atoms with van der Waals surface area (Å²) >= 11 is 5.71. The molecule has 0 radical (unpaired) electrons. The van der Waals surface area contributed by atoms with E-state index in [2.05, 4.69) is 0 Å². The van der Waals surface area contributed by atoms with E-state index in [4.69, 9.17) is 16.3 Å². The smallest absolute Gasteiger partial charge is 0.119 e. The first-order valence-electron chi connectivity index (χ1n) is 6.20. The van der Waals surface area contributed by atoms with Gasteiger partial charge in [0.25, 0.3) is 0 Å². The van der Waals surface area contributed by atoms with Gasteiger partial charge >= 0.3 is 0 Å². The molecule has 0 unspecified atom stereocenters. The Labute approximate surface area is 114 Å². The number of benzene rings is 2. The van der Waals surface area contributed by atoms with E-state index in [-0.39, 0.29) is 0 Å². The van der Waals surface area contributed by atoms with E-state index in [0.717, 1.165) is 11.3 Å². The van der Waals surface area contributed by atoms with Crippen LogP contribution in [0.15, 0.2) is 54.6 Å². The van der Waals surface area contributed by atoms with Gasteiger partial charge in [-0.1, -0.05) is 56.3 Å². The minimum Gasteiger partial charge on any atom is -0.489 e. The summed E-state index contributed by atoms with van der Waals surface area (Å²) in [7, 11) is 0. The van der Waals surface area contributed by atoms with Gasteiger partial charge in [0.15, 0.2) is 0 Å². The number of halogens is 1. The zero-order chi connectivity index (χ0) is 13.2. The Morgan fingerprint density at radius 3 is 2.00 bits per heavy atom. The molecule has 0 fully saturated rings. The molecule has 0 amide bonds. The molecule has 0 saturated carbocycles. The van der Waals surface area contributed by atoms with E-state index < -0.39 is 0 Å². The number of ether oxygens (including phenoxy) is 1. The van der Waals surface area contributed by atoms with Crippen LogP contribution in [0.2, 0.25) is 0 Å². The molecule has 0 atom stereocenters. The van der Waals surface area contributed by atoms with Crippen LogP contribution in [0.1, 0.15) is 25.0 Å². The van der Waals surface area contributed by atoms with Crippen LogP contribution in [0.25, 0.3) is 0 Å². The second-order valence-electron chi connectivity index (χ2n) is 3.55. The Balaban J connectivity index is 0.000000771. The number of hydrogen-bond donors (Lipinski definition) is 0. The van der Waals surface area contributed by atoms with Gasteiger partial charge in [-0.25, -0.2) is 0 Å². The third kappa shape index (κ3) is 4.80. The zero-order valence-electron chi connectivity index (χ0n) is 10.9. The van der Waals surface area contributed by atoms with Gasteiger partial charge in [0.1, 0.15) is 12.4 Å². The molecular formula is C16H19ClO. The molecule has 2 heteroatoms. The summed E-state index contributed by atoms with van der Waals surface area (Å²) in [5.41, 5.74) is 2.28. The molecular weight excluding hydrogens is 244 g/mol. The average Bonchev–Trinajstić information content (AvgIpc) is 2.49. The van der Waals surface area contributed by atoms with Crippen LogP contribution in [0, 0.1) is 0 Å². The van der Waals surface area contributed by atoms with E-state index >= 15 is 0 Å². The molecule has 0 N–H and O–H groups in total. The topological polar surface area (TPSA) is 9.23 Å². The summed E-state index contributed by atoms with van der Waals surface area (Å²) in [6.07, 6.45) is 0. The predicted octanol–water partition coefficient (Wildman–Crippen LogP) is 5.03. The van der Waals surface area contributed by atoms with Crippen LogP contribution in [0.3, 0.4) is 0 Å². The lowest BCUT2D eigenvalue weighted by Gasteiger charge is -2.06. The molecule has 0 aliphatic rings. The maximum absolute atomic E-state index is 5.71. The normalized spacial score (nSPS) is 9.28. The highest BCUT2D eigenvalue weighted by atomic mass is 35.5. The predicted molar refractivity (Wildman–Crippen MR) is 78.1 cm³/mol. The van der Waals surface area contributed by atoms with Crippen molar-refractivity contribution in [3.05, 3.63) is 65.7 Å². The van der Waals surface area contributed by atoms with Gasteiger partial charge in [-0.2, -0.15) is 0 Å². The van der Waals surface area contributed by atoms with E-state index in [1.807, 2.05) is 68.4 Å². The van der Waals surface area contributed by atoms with Crippen molar-refractivity contribution in [2.24, 2.45) is 0 Å². The first-order valence-corrected chi connectivity index (χ1v) is 6.73. The summed E-state index contributed by atoms with van der Waals surface area (Å²) < 4.78 is 5.65. The molecule has 2 rings (SSSR count). The molecule has 0 bridgehead atoms. The molecule has 18 heavy (non-hydrogen) atoms. The van der Waals surface area contributed by atoms with Crippen molar-refractivity contribution < 1.29 is 4.74 Å². The lowest BCUT2D eigenvalue weighted by Crippen LogP contribution is -1.94. The van der Waals surface area contributed by atoms with Crippen LogP contribution in [0.4, 0.5) is 0 Å². The van der Waals surface area contributed by atoms with Crippen LogP contribution in [0.5, 0.6) is 5.75 Å². The number of hydrogen-bond acceptors (Lipinski definition) is 1. The van der Waals surface area contributed by atoms with E-state index in [1.54, 1.807) is 0 Å². The van der Waals surface area contributed by atoms with Gasteiger partial charge in [0.05, 0.1) is 0 Å². The minimum atomic E-state index is 0.541. The molecule has 0 spiro atoms.